The molecule has 0 radical (unpaired) electrons. The summed E-state index contributed by atoms with van der Waals surface area (Å²) in [5.74, 6) is -0.0171. The van der Waals surface area contributed by atoms with Gasteiger partial charge in [-0.15, -0.1) is 5.10 Å². The Hall–Kier alpha value is -2.57. The van der Waals surface area contributed by atoms with Crippen molar-refractivity contribution in [2.75, 3.05) is 14.2 Å². The first-order chi connectivity index (χ1) is 9.08. The van der Waals surface area contributed by atoms with Gasteiger partial charge in [0.25, 0.3) is 5.82 Å². The average Bonchev–Trinajstić information content (AvgIpc) is 2.79. The highest BCUT2D eigenvalue weighted by Crippen LogP contribution is 2.36. The van der Waals surface area contributed by atoms with E-state index in [1.54, 1.807) is 25.2 Å². The lowest BCUT2D eigenvalue weighted by Crippen LogP contribution is -2.00. The topological polar surface area (TPSA) is 86.5 Å². The van der Waals surface area contributed by atoms with Crippen LogP contribution in [-0.4, -0.2) is 40.1 Å². The highest BCUT2D eigenvalue weighted by atomic mass is 16.5. The molecule has 0 fully saturated rings. The Morgan fingerprint density at radius 3 is 2.58 bits per heavy atom. The van der Waals surface area contributed by atoms with E-state index in [4.69, 9.17) is 14.6 Å². The summed E-state index contributed by atoms with van der Waals surface area (Å²) < 4.78 is 11.9. The van der Waals surface area contributed by atoms with Gasteiger partial charge in [0.05, 0.1) is 19.8 Å². The number of carboxylic acids is 1. The van der Waals surface area contributed by atoms with Gasteiger partial charge in [-0.25, -0.2) is 14.5 Å². The molecule has 0 amide bonds. The number of aryl methyl sites for hydroxylation is 1. The van der Waals surface area contributed by atoms with Crippen LogP contribution in [0.25, 0.3) is 11.4 Å². The van der Waals surface area contributed by atoms with Gasteiger partial charge in [-0.1, -0.05) is 6.07 Å². The molecule has 0 bridgehead atoms. The normalized spacial score (nSPS) is 10.3. The largest absolute Gasteiger partial charge is 0.493 e. The molecule has 0 atom stereocenters. The van der Waals surface area contributed by atoms with Crippen LogP contribution in [0.2, 0.25) is 0 Å². The fourth-order valence-electron chi connectivity index (χ4n) is 1.77. The molecular weight excluding hydrogens is 250 g/mol. The van der Waals surface area contributed by atoms with Gasteiger partial charge in [-0.3, -0.25) is 0 Å². The highest BCUT2D eigenvalue weighted by molar-refractivity contribution is 5.84. The zero-order chi connectivity index (χ0) is 14.0. The van der Waals surface area contributed by atoms with Gasteiger partial charge in [0, 0.05) is 7.05 Å². The van der Waals surface area contributed by atoms with Crippen molar-refractivity contribution in [2.45, 2.75) is 0 Å². The molecule has 1 aromatic carbocycles. The summed E-state index contributed by atoms with van der Waals surface area (Å²) in [7, 11) is 4.66. The molecule has 0 aliphatic heterocycles. The van der Waals surface area contributed by atoms with E-state index in [0.29, 0.717) is 22.9 Å². The van der Waals surface area contributed by atoms with Gasteiger partial charge in [-0.2, -0.15) is 0 Å². The monoisotopic (exact) mass is 263 g/mol. The number of aromatic carboxylic acids is 1. The van der Waals surface area contributed by atoms with Crippen LogP contribution >= 0.6 is 0 Å². The maximum Gasteiger partial charge on any atom is 0.375 e. The van der Waals surface area contributed by atoms with Gasteiger partial charge >= 0.3 is 5.97 Å². The molecule has 7 heteroatoms. The molecule has 0 saturated heterocycles. The number of hydrogen-bond acceptors (Lipinski definition) is 5. The van der Waals surface area contributed by atoms with E-state index >= 15 is 0 Å². The number of carboxylic acid groups (broad SMARTS) is 1. The van der Waals surface area contributed by atoms with Gasteiger partial charge in [0.1, 0.15) is 0 Å². The Labute approximate surface area is 109 Å². The van der Waals surface area contributed by atoms with Crippen molar-refractivity contribution >= 4 is 5.97 Å². The van der Waals surface area contributed by atoms with Crippen LogP contribution in [0.4, 0.5) is 0 Å². The quantitative estimate of drug-likeness (QED) is 0.891. The number of rotatable bonds is 4. The SMILES string of the molecule is COc1cccc(-c2nc(C(=O)O)nn2C)c1OC. The van der Waals surface area contributed by atoms with Crippen LogP contribution in [0, 0.1) is 0 Å². The Balaban J connectivity index is 2.61. The fourth-order valence-corrected chi connectivity index (χ4v) is 1.77. The zero-order valence-corrected chi connectivity index (χ0v) is 10.7. The molecule has 100 valence electrons. The van der Waals surface area contributed by atoms with Gasteiger partial charge in [0.2, 0.25) is 0 Å². The maximum absolute atomic E-state index is 10.9. The van der Waals surface area contributed by atoms with Gasteiger partial charge in [0.15, 0.2) is 17.3 Å². The molecule has 1 aromatic heterocycles. The van der Waals surface area contributed by atoms with E-state index < -0.39 is 5.97 Å². The van der Waals surface area contributed by atoms with E-state index in [2.05, 4.69) is 10.1 Å². The summed E-state index contributed by atoms with van der Waals surface area (Å²) in [6.45, 7) is 0. The van der Waals surface area contributed by atoms with Crippen LogP contribution in [0.15, 0.2) is 18.2 Å². The van der Waals surface area contributed by atoms with Crippen LogP contribution in [-0.2, 0) is 7.05 Å². The first-order valence-corrected chi connectivity index (χ1v) is 5.44. The minimum atomic E-state index is -1.18. The Bertz CT molecular complexity index is 621. The Morgan fingerprint density at radius 2 is 2.05 bits per heavy atom. The molecule has 7 nitrogen and oxygen atoms in total. The third kappa shape index (κ3) is 2.22. The van der Waals surface area contributed by atoms with Crippen LogP contribution < -0.4 is 9.47 Å². The number of hydrogen-bond donors (Lipinski definition) is 1. The molecule has 0 unspecified atom stereocenters. The number of aromatic nitrogens is 3. The smallest absolute Gasteiger partial charge is 0.375 e. The van der Waals surface area contributed by atoms with E-state index in [1.165, 1.54) is 18.9 Å². The van der Waals surface area contributed by atoms with Crippen molar-refractivity contribution in [3.05, 3.63) is 24.0 Å². The second kappa shape index (κ2) is 4.97. The first-order valence-electron chi connectivity index (χ1n) is 5.44. The average molecular weight is 263 g/mol. The van der Waals surface area contributed by atoms with Gasteiger partial charge < -0.3 is 14.6 Å². The molecule has 0 aliphatic carbocycles. The summed E-state index contributed by atoms with van der Waals surface area (Å²) in [6.07, 6.45) is 0. The molecule has 0 aliphatic rings. The van der Waals surface area contributed by atoms with E-state index in [-0.39, 0.29) is 5.82 Å². The summed E-state index contributed by atoms with van der Waals surface area (Å²) in [5.41, 5.74) is 0.615. The molecular formula is C12H13N3O4. The third-order valence-electron chi connectivity index (χ3n) is 2.60. The van der Waals surface area contributed by atoms with Crippen LogP contribution in [0.3, 0.4) is 0 Å². The predicted molar refractivity (Wildman–Crippen MR) is 66.5 cm³/mol. The van der Waals surface area contributed by atoms with E-state index in [9.17, 15) is 4.79 Å². The number of carbonyl (C=O) groups is 1. The van der Waals surface area contributed by atoms with Gasteiger partial charge in [-0.05, 0) is 12.1 Å². The molecule has 19 heavy (non-hydrogen) atoms. The Kier molecular flexibility index (Phi) is 3.37. The second-order valence-corrected chi connectivity index (χ2v) is 3.73. The standard InChI is InChI=1S/C12H13N3O4/c1-15-11(13-10(14-15)12(16)17)7-5-4-6-8(18-2)9(7)19-3/h4-6H,1-3H3,(H,16,17). The fraction of sp³-hybridized carbons (Fsp3) is 0.250. The van der Waals surface area contributed by atoms with Crippen molar-refractivity contribution in [2.24, 2.45) is 7.05 Å². The molecule has 1 N–H and O–H groups in total. The second-order valence-electron chi connectivity index (χ2n) is 3.73. The van der Waals surface area contributed by atoms with Crippen molar-refractivity contribution in [3.8, 4) is 22.9 Å². The minimum absolute atomic E-state index is 0.262. The molecule has 0 saturated carbocycles. The van der Waals surface area contributed by atoms with Crippen molar-refractivity contribution in [1.29, 1.82) is 0 Å². The summed E-state index contributed by atoms with van der Waals surface area (Å²) in [6, 6.07) is 5.28. The lowest BCUT2D eigenvalue weighted by atomic mass is 10.1. The summed E-state index contributed by atoms with van der Waals surface area (Å²) in [5, 5.41) is 12.7. The molecule has 1 heterocycles. The third-order valence-corrected chi connectivity index (χ3v) is 2.60. The lowest BCUT2D eigenvalue weighted by Gasteiger charge is -2.11. The number of benzene rings is 1. The summed E-state index contributed by atoms with van der Waals surface area (Å²) in [4.78, 5) is 14.9. The number of nitrogens with zero attached hydrogens (tertiary/aromatic N) is 3. The van der Waals surface area contributed by atoms with Crippen molar-refractivity contribution < 1.29 is 19.4 Å². The van der Waals surface area contributed by atoms with Crippen LogP contribution in [0.5, 0.6) is 11.5 Å². The number of methoxy groups -OCH3 is 2. The maximum atomic E-state index is 10.9. The van der Waals surface area contributed by atoms with E-state index in [1.807, 2.05) is 0 Å². The number of para-hydroxylation sites is 1. The lowest BCUT2D eigenvalue weighted by molar-refractivity contribution is 0.0683. The first kappa shape index (κ1) is 12.9. The molecule has 2 rings (SSSR count). The van der Waals surface area contributed by atoms with Crippen molar-refractivity contribution in [3.63, 3.8) is 0 Å². The molecule has 0 spiro atoms. The van der Waals surface area contributed by atoms with Crippen LogP contribution in [0.1, 0.15) is 10.6 Å². The van der Waals surface area contributed by atoms with Crippen molar-refractivity contribution in [1.82, 2.24) is 14.8 Å². The minimum Gasteiger partial charge on any atom is -0.493 e. The Morgan fingerprint density at radius 1 is 1.32 bits per heavy atom. The zero-order valence-electron chi connectivity index (χ0n) is 10.7. The highest BCUT2D eigenvalue weighted by Gasteiger charge is 2.19. The number of ether oxygens (including phenoxy) is 2. The predicted octanol–water partition coefficient (Wildman–Crippen LogP) is 1.20. The molecule has 2 aromatic rings. The summed E-state index contributed by atoms with van der Waals surface area (Å²) >= 11 is 0. The van der Waals surface area contributed by atoms with E-state index in [0.717, 1.165) is 0 Å².